The van der Waals surface area contributed by atoms with Crippen molar-refractivity contribution in [3.8, 4) is 0 Å². The zero-order chi connectivity index (χ0) is 65.1. The molecule has 2 fully saturated rings. The Morgan fingerprint density at radius 2 is 1.08 bits per heavy atom. The maximum Gasteiger partial charge on any atom is 0.306 e. The zero-order valence-electron chi connectivity index (χ0n) is 58.4. The van der Waals surface area contributed by atoms with Crippen LogP contribution in [0.5, 0.6) is 0 Å². The van der Waals surface area contributed by atoms with E-state index in [2.05, 4.69) is 80.5 Å². The van der Waals surface area contributed by atoms with Crippen LogP contribution >= 0.6 is 0 Å². The number of hydrogen-bond acceptors (Lipinski definition) is 8. The zero-order valence-corrected chi connectivity index (χ0v) is 58.4. The number of rotatable bonds is 48. The van der Waals surface area contributed by atoms with Gasteiger partial charge in [0.2, 0.25) is 5.91 Å². The van der Waals surface area contributed by atoms with E-state index in [0.717, 1.165) is 70.3 Å². The number of carbonyl (C=O) groups is 5. The van der Waals surface area contributed by atoms with Crippen molar-refractivity contribution in [2.45, 2.75) is 352 Å². The molecule has 9 nitrogen and oxygen atoms in total. The summed E-state index contributed by atoms with van der Waals surface area (Å²) in [7, 11) is 0. The van der Waals surface area contributed by atoms with E-state index in [1.165, 1.54) is 186 Å². The Kier molecular flexibility index (Phi) is 77.1. The molecule has 0 radical (unpaired) electrons. The quantitative estimate of drug-likeness (QED) is 0.0112. The number of likely N-dealkylation sites (tertiary alicyclic amines) is 1. The van der Waals surface area contributed by atoms with E-state index in [1.54, 1.807) is 13.0 Å². The van der Waals surface area contributed by atoms with E-state index in [4.69, 9.17) is 19.0 Å². The molecule has 0 bridgehead atoms. The average Bonchev–Trinajstić information content (AvgIpc) is 2.55. The number of hydrogen-bond donors (Lipinski definition) is 0. The van der Waals surface area contributed by atoms with Crippen molar-refractivity contribution >= 4 is 30.2 Å². The average molecular weight is 1230 g/mol. The molecule has 3 unspecified atom stereocenters. The maximum atomic E-state index is 12.9. The number of unbranched alkanes of at least 4 members (excludes halogenated alkanes) is 22. The number of esters is 1. The standard InChI is InChI=1S/C37H63NO5.C20H34O2.C9H20.C8H16.C2H6.CH2O.CH4/c1-7-12-14-16-18-20-24-41-29-32(9-3)26-33(28-37(40)42-25-21-19-17-15-13-8-2)27-35(10-4)43-30-34-23-22-31(6)38(34)36(39)11-5;1-4-6-8-9-10-11-12-13-15-20(22)17-19(14-7-5-2)16-18(3)21;1-3-5-7-9-8-6-4-2;1-8-6-4-2-3-5-7-8;2*1-2;/h9,11,31-34H,3-5,7-8,12-30H2,1-2,6H3;5,13,15,19H,2,4,6-12,14,16-17H2,1,3H3;3-9H2,1-2H3;8H,2-7H2,1H3;1-2H3;1H2;1H4/b;15-13-;;;;;/t31-,32?,33?,34+;;;;;;/m1....../s1. The van der Waals surface area contributed by atoms with Crippen LogP contribution in [-0.4, -0.2) is 73.6 Å². The molecule has 1 amide bonds. The maximum absolute atomic E-state index is 12.9. The molecule has 2 rings (SSSR count). The third-order valence-corrected chi connectivity index (χ3v) is 16.2. The predicted molar refractivity (Wildman–Crippen MR) is 378 cm³/mol. The van der Waals surface area contributed by atoms with Crippen LogP contribution in [0.4, 0.5) is 0 Å². The summed E-state index contributed by atoms with van der Waals surface area (Å²) < 4.78 is 17.8. The summed E-state index contributed by atoms with van der Waals surface area (Å²) in [5.74, 6) is 2.00. The number of ketones is 2. The van der Waals surface area contributed by atoms with E-state index in [-0.39, 0.29) is 60.7 Å². The van der Waals surface area contributed by atoms with Gasteiger partial charge in [-0.15, -0.1) is 13.2 Å². The molecular weight excluding hydrogens is 1080 g/mol. The topological polar surface area (TPSA) is 116 Å². The third-order valence-electron chi connectivity index (χ3n) is 16.2. The fraction of sp³-hybridized carbons (Fsp3) is 0.795. The Balaban J connectivity index is -0.000000418. The van der Waals surface area contributed by atoms with Crippen molar-refractivity contribution in [2.24, 2.45) is 23.7 Å². The number of allylic oxidation sites excluding steroid dienone is 4. The van der Waals surface area contributed by atoms with E-state index in [0.29, 0.717) is 51.3 Å². The highest BCUT2D eigenvalue weighted by Gasteiger charge is 2.34. The molecule has 1 saturated carbocycles. The van der Waals surface area contributed by atoms with Gasteiger partial charge in [-0.1, -0.05) is 280 Å². The fourth-order valence-corrected chi connectivity index (χ4v) is 11.0. The SMILES string of the molecule is C.C=C=C(CC(CC(=O)OCCCCCCCC)CC(C=C)COCCCCCCCC)OC[C@@H]1CC[C@@H](C)N1C(=O)C=C.C=CCCC(CC(C)=O)CC(=O)/C=C\CCCCCCCC.C=O.CC.CC1CCCCCC1.CCCCCCCCC. The Hall–Kier alpha value is -3.81. The summed E-state index contributed by atoms with van der Waals surface area (Å²) >= 11 is 0. The fourth-order valence-electron chi connectivity index (χ4n) is 11.0. The largest absolute Gasteiger partial charge is 0.488 e. The van der Waals surface area contributed by atoms with Crippen molar-refractivity contribution in [2.75, 3.05) is 26.4 Å². The Labute approximate surface area is 541 Å². The molecule has 1 saturated heterocycles. The van der Waals surface area contributed by atoms with Gasteiger partial charge in [0.1, 0.15) is 24.9 Å². The minimum Gasteiger partial charge on any atom is -0.488 e. The molecule has 5 atom stereocenters. The second-order valence-corrected chi connectivity index (χ2v) is 24.4. The highest BCUT2D eigenvalue weighted by atomic mass is 16.5. The number of amides is 1. The van der Waals surface area contributed by atoms with Gasteiger partial charge in [-0.05, 0) is 102 Å². The summed E-state index contributed by atoms with van der Waals surface area (Å²) in [6.45, 7) is 40.7. The Bertz CT molecular complexity index is 1640. The summed E-state index contributed by atoms with van der Waals surface area (Å²) in [6, 6.07) is 0.148. The van der Waals surface area contributed by atoms with Crippen molar-refractivity contribution in [1.82, 2.24) is 4.90 Å². The van der Waals surface area contributed by atoms with Crippen LogP contribution < -0.4 is 0 Å². The lowest BCUT2D eigenvalue weighted by Gasteiger charge is -2.28. The van der Waals surface area contributed by atoms with Crippen LogP contribution in [0.3, 0.4) is 0 Å². The molecule has 87 heavy (non-hydrogen) atoms. The van der Waals surface area contributed by atoms with Crippen LogP contribution in [0.1, 0.15) is 340 Å². The van der Waals surface area contributed by atoms with E-state index in [9.17, 15) is 19.2 Å². The predicted octanol–water partition coefficient (Wildman–Crippen LogP) is 23.1. The van der Waals surface area contributed by atoms with Gasteiger partial charge in [-0.25, -0.2) is 0 Å². The van der Waals surface area contributed by atoms with Gasteiger partial charge >= 0.3 is 5.97 Å². The first-order valence-electron chi connectivity index (χ1n) is 35.7. The highest BCUT2D eigenvalue weighted by Crippen LogP contribution is 2.29. The molecule has 510 valence electrons. The van der Waals surface area contributed by atoms with Gasteiger partial charge in [0.15, 0.2) is 5.78 Å². The summed E-state index contributed by atoms with van der Waals surface area (Å²) in [5, 5.41) is 0. The molecule has 1 aliphatic heterocycles. The molecule has 0 spiro atoms. The van der Waals surface area contributed by atoms with Crippen LogP contribution in [-0.2, 0) is 38.2 Å². The second-order valence-electron chi connectivity index (χ2n) is 24.4. The molecule has 9 heteroatoms. The van der Waals surface area contributed by atoms with E-state index < -0.39 is 0 Å². The molecule has 2 aliphatic rings. The minimum absolute atomic E-state index is 0. The normalized spacial score (nSPS) is 15.3. The van der Waals surface area contributed by atoms with Gasteiger partial charge in [0.05, 0.1) is 19.3 Å². The van der Waals surface area contributed by atoms with Crippen molar-refractivity contribution in [3.63, 3.8) is 0 Å². The lowest BCUT2D eigenvalue weighted by Crippen LogP contribution is -2.41. The van der Waals surface area contributed by atoms with Gasteiger partial charge in [0.25, 0.3) is 0 Å². The monoisotopic (exact) mass is 1220 g/mol. The van der Waals surface area contributed by atoms with E-state index in [1.807, 2.05) is 43.8 Å². The number of ether oxygens (including phenoxy) is 3. The highest BCUT2D eigenvalue weighted by molar-refractivity contribution is 5.90. The van der Waals surface area contributed by atoms with Crippen LogP contribution in [0.2, 0.25) is 0 Å². The minimum atomic E-state index is -0.176. The molecule has 1 aliphatic carbocycles. The summed E-state index contributed by atoms with van der Waals surface area (Å²) in [6.07, 6.45) is 56.9. The molecule has 0 aromatic rings. The number of nitrogens with zero attached hydrogens (tertiary/aromatic N) is 1. The van der Waals surface area contributed by atoms with Gasteiger partial charge in [-0.3, -0.25) is 14.4 Å². The van der Waals surface area contributed by atoms with Crippen LogP contribution in [0.25, 0.3) is 0 Å². The smallest absolute Gasteiger partial charge is 0.306 e. The van der Waals surface area contributed by atoms with Gasteiger partial charge in [-0.2, -0.15) is 0 Å². The third kappa shape index (κ3) is 62.2. The first kappa shape index (κ1) is 91.9. The first-order valence-corrected chi connectivity index (χ1v) is 35.7. The van der Waals surface area contributed by atoms with Crippen LogP contribution in [0, 0.1) is 23.7 Å². The molecule has 1 heterocycles. The van der Waals surface area contributed by atoms with Crippen molar-refractivity contribution in [1.29, 1.82) is 0 Å². The molecule has 0 aromatic heterocycles. The Morgan fingerprint density at radius 3 is 1.55 bits per heavy atom. The lowest BCUT2D eigenvalue weighted by molar-refractivity contribution is -0.145. The van der Waals surface area contributed by atoms with Crippen molar-refractivity contribution < 1.29 is 38.2 Å². The molecule has 0 N–H and O–H groups in total. The van der Waals surface area contributed by atoms with Gasteiger partial charge in [0, 0.05) is 44.2 Å². The van der Waals surface area contributed by atoms with Gasteiger partial charge < -0.3 is 28.7 Å². The molecular formula is C78H145NO8. The summed E-state index contributed by atoms with van der Waals surface area (Å²) in [5.41, 5.74) is 2.96. The van der Waals surface area contributed by atoms with E-state index >= 15 is 0 Å². The first-order chi connectivity index (χ1) is 41.8. The second kappa shape index (κ2) is 72.9. The number of carbonyl (C=O) groups excluding carboxylic acids is 5. The lowest BCUT2D eigenvalue weighted by atomic mass is 9.89. The summed E-state index contributed by atoms with van der Waals surface area (Å²) in [4.78, 5) is 58.3. The molecule has 0 aromatic carbocycles. The van der Waals surface area contributed by atoms with Crippen molar-refractivity contribution in [3.05, 3.63) is 68.2 Å². The van der Waals surface area contributed by atoms with Crippen LogP contribution in [0.15, 0.2) is 68.2 Å². The number of Topliss-reactive ketones (excluding diaryl/α,β-unsaturated/α-hetero) is 1. The Morgan fingerprint density at radius 1 is 0.586 bits per heavy atom.